The van der Waals surface area contributed by atoms with Gasteiger partial charge >= 0.3 is 11.9 Å². The van der Waals surface area contributed by atoms with E-state index in [4.69, 9.17) is 10.2 Å². The predicted octanol–water partition coefficient (Wildman–Crippen LogP) is 2.46. The minimum Gasteiger partial charge on any atom is -0.481 e. The zero-order valence-electron chi connectivity index (χ0n) is 10.1. The largest absolute Gasteiger partial charge is 0.481 e. The molecule has 0 aliphatic heterocycles. The van der Waals surface area contributed by atoms with E-state index in [2.05, 4.69) is 0 Å². The Morgan fingerprint density at radius 2 is 1.68 bits per heavy atom. The van der Waals surface area contributed by atoms with Crippen LogP contribution in [0.5, 0.6) is 0 Å². The van der Waals surface area contributed by atoms with Gasteiger partial charge in [-0.15, -0.1) is 0 Å². The standard InChI is InChI=1S/C12H11F3O4/c1-12(2,11(18)19)4-5-3-6(13)7(10(16)17)9(15)8(5)14/h3H,4H2,1-2H3,(H,16,17)(H,18,19). The van der Waals surface area contributed by atoms with E-state index in [0.717, 1.165) is 0 Å². The summed E-state index contributed by atoms with van der Waals surface area (Å²) in [6, 6.07) is 0.507. The molecule has 0 atom stereocenters. The molecule has 0 radical (unpaired) electrons. The van der Waals surface area contributed by atoms with Crippen LogP contribution in [0.1, 0.15) is 29.8 Å². The van der Waals surface area contributed by atoms with E-state index in [0.29, 0.717) is 6.07 Å². The summed E-state index contributed by atoms with van der Waals surface area (Å²) in [7, 11) is 0. The van der Waals surface area contributed by atoms with Crippen molar-refractivity contribution < 1.29 is 33.0 Å². The first-order valence-corrected chi connectivity index (χ1v) is 5.21. The van der Waals surface area contributed by atoms with Gasteiger partial charge in [0.15, 0.2) is 11.6 Å². The van der Waals surface area contributed by atoms with Crippen LogP contribution in [0.3, 0.4) is 0 Å². The van der Waals surface area contributed by atoms with Crippen molar-refractivity contribution in [3.8, 4) is 0 Å². The Hall–Kier alpha value is -2.05. The Bertz CT molecular complexity index is 552. The van der Waals surface area contributed by atoms with Crippen molar-refractivity contribution in [2.75, 3.05) is 0 Å². The minimum absolute atomic E-state index is 0.470. The predicted molar refractivity (Wildman–Crippen MR) is 58.4 cm³/mol. The molecule has 1 aromatic rings. The van der Waals surface area contributed by atoms with Gasteiger partial charge in [0.25, 0.3) is 0 Å². The Kier molecular flexibility index (Phi) is 3.88. The van der Waals surface area contributed by atoms with Crippen molar-refractivity contribution in [3.63, 3.8) is 0 Å². The van der Waals surface area contributed by atoms with Crippen molar-refractivity contribution in [2.45, 2.75) is 20.3 Å². The van der Waals surface area contributed by atoms with Crippen molar-refractivity contribution >= 4 is 11.9 Å². The van der Waals surface area contributed by atoms with E-state index in [1.165, 1.54) is 13.8 Å². The lowest BCUT2D eigenvalue weighted by Gasteiger charge is -2.19. The monoisotopic (exact) mass is 276 g/mol. The lowest BCUT2D eigenvalue weighted by Crippen LogP contribution is -2.27. The van der Waals surface area contributed by atoms with Gasteiger partial charge in [-0.2, -0.15) is 0 Å². The van der Waals surface area contributed by atoms with Gasteiger partial charge in [0, 0.05) is 0 Å². The third kappa shape index (κ3) is 2.86. The van der Waals surface area contributed by atoms with Crippen LogP contribution in [0, 0.1) is 22.9 Å². The van der Waals surface area contributed by atoms with Crippen LogP contribution < -0.4 is 0 Å². The highest BCUT2D eigenvalue weighted by Crippen LogP contribution is 2.27. The molecule has 104 valence electrons. The Morgan fingerprint density at radius 1 is 1.16 bits per heavy atom. The molecule has 0 aliphatic rings. The normalized spacial score (nSPS) is 11.4. The second kappa shape index (κ2) is 4.91. The van der Waals surface area contributed by atoms with Gasteiger partial charge in [-0.1, -0.05) is 0 Å². The topological polar surface area (TPSA) is 74.6 Å². The number of halogens is 3. The number of aromatic carboxylic acids is 1. The summed E-state index contributed by atoms with van der Waals surface area (Å²) in [5, 5.41) is 17.4. The maximum Gasteiger partial charge on any atom is 0.341 e. The lowest BCUT2D eigenvalue weighted by molar-refractivity contribution is -0.146. The average Bonchev–Trinajstić information content (AvgIpc) is 2.24. The lowest BCUT2D eigenvalue weighted by atomic mass is 9.85. The molecule has 0 saturated heterocycles. The summed E-state index contributed by atoms with van der Waals surface area (Å²) in [6.45, 7) is 2.52. The minimum atomic E-state index is -1.93. The van der Waals surface area contributed by atoms with Crippen LogP contribution in [0.15, 0.2) is 6.07 Å². The number of hydrogen-bond acceptors (Lipinski definition) is 2. The first-order chi connectivity index (χ1) is 8.58. The summed E-state index contributed by atoms with van der Waals surface area (Å²) >= 11 is 0. The van der Waals surface area contributed by atoms with Crippen molar-refractivity contribution in [1.29, 1.82) is 0 Å². The molecular weight excluding hydrogens is 265 g/mol. The molecule has 19 heavy (non-hydrogen) atoms. The summed E-state index contributed by atoms with van der Waals surface area (Å²) in [5.41, 5.74) is -3.36. The van der Waals surface area contributed by atoms with Crippen LogP contribution in [0.4, 0.5) is 13.2 Å². The molecule has 0 aromatic heterocycles. The second-order valence-electron chi connectivity index (χ2n) is 4.69. The van der Waals surface area contributed by atoms with Gasteiger partial charge in [-0.25, -0.2) is 18.0 Å². The SMILES string of the molecule is CC(C)(Cc1cc(F)c(C(=O)O)c(F)c1F)C(=O)O. The molecule has 0 fully saturated rings. The fourth-order valence-electron chi connectivity index (χ4n) is 1.52. The number of carbonyl (C=O) groups is 2. The maximum atomic E-state index is 13.6. The fraction of sp³-hybridized carbons (Fsp3) is 0.333. The molecular formula is C12H11F3O4. The van der Waals surface area contributed by atoms with Gasteiger partial charge < -0.3 is 10.2 Å². The number of rotatable bonds is 4. The maximum absolute atomic E-state index is 13.6. The molecule has 4 nitrogen and oxygen atoms in total. The highest BCUT2D eigenvalue weighted by Gasteiger charge is 2.31. The zero-order valence-corrected chi connectivity index (χ0v) is 10.1. The third-order valence-corrected chi connectivity index (χ3v) is 2.66. The van der Waals surface area contributed by atoms with Crippen LogP contribution >= 0.6 is 0 Å². The summed E-state index contributed by atoms with van der Waals surface area (Å²) in [4.78, 5) is 21.4. The number of benzene rings is 1. The first-order valence-electron chi connectivity index (χ1n) is 5.21. The molecule has 0 bridgehead atoms. The van der Waals surface area contributed by atoms with Gasteiger partial charge in [-0.3, -0.25) is 4.79 Å². The van der Waals surface area contributed by atoms with Crippen LogP contribution in [-0.4, -0.2) is 22.2 Å². The molecule has 0 heterocycles. The smallest absolute Gasteiger partial charge is 0.341 e. The quantitative estimate of drug-likeness (QED) is 0.828. The highest BCUT2D eigenvalue weighted by molar-refractivity contribution is 5.88. The molecule has 7 heteroatoms. The number of hydrogen-bond donors (Lipinski definition) is 2. The Morgan fingerprint density at radius 3 is 2.11 bits per heavy atom. The number of carboxylic acid groups (broad SMARTS) is 2. The molecule has 0 spiro atoms. The summed E-state index contributed by atoms with van der Waals surface area (Å²) < 4.78 is 40.4. The van der Waals surface area contributed by atoms with Crippen molar-refractivity contribution in [3.05, 3.63) is 34.6 Å². The van der Waals surface area contributed by atoms with Crippen LogP contribution in [0.25, 0.3) is 0 Å². The Labute approximate surface area is 106 Å². The molecule has 0 unspecified atom stereocenters. The number of aliphatic carboxylic acids is 1. The average molecular weight is 276 g/mol. The molecule has 0 saturated carbocycles. The molecule has 1 aromatic carbocycles. The molecule has 0 amide bonds. The van der Waals surface area contributed by atoms with Crippen molar-refractivity contribution in [2.24, 2.45) is 5.41 Å². The first kappa shape index (κ1) is 15.0. The number of carboxylic acids is 2. The molecule has 1 rings (SSSR count). The van der Waals surface area contributed by atoms with Crippen molar-refractivity contribution in [1.82, 2.24) is 0 Å². The van der Waals surface area contributed by atoms with Gasteiger partial charge in [0.1, 0.15) is 11.4 Å². The van der Waals surface area contributed by atoms with Gasteiger partial charge in [0.2, 0.25) is 0 Å². The van der Waals surface area contributed by atoms with E-state index in [1.54, 1.807) is 0 Å². The zero-order chi connectivity index (χ0) is 15.0. The van der Waals surface area contributed by atoms with Crippen LogP contribution in [0.2, 0.25) is 0 Å². The Balaban J connectivity index is 3.34. The fourth-order valence-corrected chi connectivity index (χ4v) is 1.52. The van der Waals surface area contributed by atoms with E-state index < -0.39 is 52.4 Å². The summed E-state index contributed by atoms with van der Waals surface area (Å²) in [5.74, 6) is -8.02. The van der Waals surface area contributed by atoms with E-state index >= 15 is 0 Å². The van der Waals surface area contributed by atoms with Gasteiger partial charge in [-0.05, 0) is 31.9 Å². The molecule has 0 aliphatic carbocycles. The van der Waals surface area contributed by atoms with E-state index in [1.807, 2.05) is 0 Å². The second-order valence-corrected chi connectivity index (χ2v) is 4.69. The summed E-state index contributed by atoms with van der Waals surface area (Å²) in [6.07, 6.45) is -0.470. The van der Waals surface area contributed by atoms with E-state index in [9.17, 15) is 22.8 Å². The van der Waals surface area contributed by atoms with Crippen LogP contribution in [-0.2, 0) is 11.2 Å². The highest BCUT2D eigenvalue weighted by atomic mass is 19.2. The molecule has 2 N–H and O–H groups in total. The van der Waals surface area contributed by atoms with Gasteiger partial charge in [0.05, 0.1) is 5.41 Å². The van der Waals surface area contributed by atoms with E-state index in [-0.39, 0.29) is 0 Å². The third-order valence-electron chi connectivity index (χ3n) is 2.66.